The van der Waals surface area contributed by atoms with Crippen molar-refractivity contribution in [1.29, 1.82) is 0 Å². The number of hydrogen-bond acceptors (Lipinski definition) is 4. The minimum absolute atomic E-state index is 0.0482. The van der Waals surface area contributed by atoms with Gasteiger partial charge >= 0.3 is 0 Å². The molecule has 0 radical (unpaired) electrons. The van der Waals surface area contributed by atoms with Gasteiger partial charge in [-0.1, -0.05) is 27.7 Å². The fourth-order valence-electron chi connectivity index (χ4n) is 3.06. The van der Waals surface area contributed by atoms with E-state index in [0.29, 0.717) is 22.4 Å². The van der Waals surface area contributed by atoms with E-state index >= 15 is 0 Å². The highest BCUT2D eigenvalue weighted by molar-refractivity contribution is 7.94. The molecule has 2 N–H and O–H groups in total. The summed E-state index contributed by atoms with van der Waals surface area (Å²) in [7, 11) is -3.87. The Morgan fingerprint density at radius 3 is 1.93 bits per heavy atom. The second-order valence-corrected chi connectivity index (χ2v) is 11.1. The van der Waals surface area contributed by atoms with E-state index in [1.807, 2.05) is 27.7 Å². The summed E-state index contributed by atoms with van der Waals surface area (Å²) in [6.07, 6.45) is 0. The minimum atomic E-state index is -3.87. The Labute approximate surface area is 165 Å². The third kappa shape index (κ3) is 4.70. The quantitative estimate of drug-likeness (QED) is 0.660. The molecule has 150 valence electrons. The number of anilines is 1. The van der Waals surface area contributed by atoms with Crippen LogP contribution in [-0.2, 0) is 15.6 Å². The van der Waals surface area contributed by atoms with E-state index in [1.165, 1.54) is 18.2 Å². The number of halogens is 1. The van der Waals surface area contributed by atoms with Crippen LogP contribution in [0.5, 0.6) is 0 Å². The lowest BCUT2D eigenvalue weighted by atomic mass is 9.93. The Kier molecular flexibility index (Phi) is 6.09. The van der Waals surface area contributed by atoms with Crippen LogP contribution in [-0.4, -0.2) is 13.5 Å². The van der Waals surface area contributed by atoms with Gasteiger partial charge in [-0.25, -0.2) is 12.8 Å². The number of benzene rings is 1. The standard InChI is InChI=1S/C20H28FNO3S2/c1-11(2)15-8-14(21)9-16(12(3)4)19(15)22-27(24,25)18-10-17(13(5)26-18)20(6,7)23/h8-12,22-23H,1-7H3. The van der Waals surface area contributed by atoms with Crippen LogP contribution in [0.4, 0.5) is 10.1 Å². The smallest absolute Gasteiger partial charge is 0.271 e. The van der Waals surface area contributed by atoms with Crippen LogP contribution in [0.1, 0.15) is 74.9 Å². The number of sulfonamides is 1. The largest absolute Gasteiger partial charge is 0.386 e. The third-order valence-electron chi connectivity index (χ3n) is 4.46. The molecule has 0 bridgehead atoms. The first kappa shape index (κ1) is 21.9. The van der Waals surface area contributed by atoms with Gasteiger partial charge in [0.1, 0.15) is 10.0 Å². The van der Waals surface area contributed by atoms with E-state index in [1.54, 1.807) is 20.8 Å². The second kappa shape index (κ2) is 7.53. The molecular weight excluding hydrogens is 385 g/mol. The number of thiophene rings is 1. The zero-order chi connectivity index (χ0) is 20.7. The van der Waals surface area contributed by atoms with Gasteiger partial charge in [0.25, 0.3) is 10.0 Å². The molecule has 1 heterocycles. The SMILES string of the molecule is Cc1sc(S(=O)(=O)Nc2c(C(C)C)cc(F)cc2C(C)C)cc1C(C)(C)O. The first-order valence-corrected chi connectivity index (χ1v) is 11.2. The average molecular weight is 414 g/mol. The van der Waals surface area contributed by atoms with Crippen LogP contribution in [0.25, 0.3) is 0 Å². The lowest BCUT2D eigenvalue weighted by Crippen LogP contribution is -2.17. The van der Waals surface area contributed by atoms with Crippen molar-refractivity contribution in [2.45, 2.75) is 70.1 Å². The van der Waals surface area contributed by atoms with Gasteiger partial charge in [-0.3, -0.25) is 4.72 Å². The van der Waals surface area contributed by atoms with Crippen LogP contribution in [0.15, 0.2) is 22.4 Å². The minimum Gasteiger partial charge on any atom is -0.386 e. The zero-order valence-corrected chi connectivity index (χ0v) is 18.5. The highest BCUT2D eigenvalue weighted by Gasteiger charge is 2.28. The fraction of sp³-hybridized carbons (Fsp3) is 0.500. The number of hydrogen-bond donors (Lipinski definition) is 2. The van der Waals surface area contributed by atoms with Crippen LogP contribution in [0.3, 0.4) is 0 Å². The molecule has 4 nitrogen and oxygen atoms in total. The van der Waals surface area contributed by atoms with E-state index in [9.17, 15) is 17.9 Å². The number of aryl methyl sites for hydroxylation is 1. The summed E-state index contributed by atoms with van der Waals surface area (Å²) in [6, 6.07) is 4.28. The maximum atomic E-state index is 14.1. The van der Waals surface area contributed by atoms with Gasteiger partial charge in [-0.05, 0) is 67.5 Å². The predicted octanol–water partition coefficient (Wildman–Crippen LogP) is 5.47. The molecule has 7 heteroatoms. The van der Waals surface area contributed by atoms with Gasteiger partial charge in [0.2, 0.25) is 0 Å². The molecule has 0 aliphatic rings. The summed E-state index contributed by atoms with van der Waals surface area (Å²) >= 11 is 1.11. The summed E-state index contributed by atoms with van der Waals surface area (Å²) < 4.78 is 43.0. The summed E-state index contributed by atoms with van der Waals surface area (Å²) in [6.45, 7) is 12.6. The van der Waals surface area contributed by atoms with Crippen LogP contribution < -0.4 is 4.72 Å². The topological polar surface area (TPSA) is 66.4 Å². The van der Waals surface area contributed by atoms with Crippen molar-refractivity contribution in [2.24, 2.45) is 0 Å². The number of aliphatic hydroxyl groups is 1. The van der Waals surface area contributed by atoms with Crippen molar-refractivity contribution in [1.82, 2.24) is 0 Å². The third-order valence-corrected chi connectivity index (χ3v) is 7.34. The predicted molar refractivity (Wildman–Crippen MR) is 110 cm³/mol. The van der Waals surface area contributed by atoms with Gasteiger partial charge < -0.3 is 5.11 Å². The molecule has 0 unspecified atom stereocenters. The van der Waals surface area contributed by atoms with Gasteiger partial charge in [0, 0.05) is 4.88 Å². The molecule has 0 saturated heterocycles. The summed E-state index contributed by atoms with van der Waals surface area (Å²) in [4.78, 5) is 0.746. The van der Waals surface area contributed by atoms with Crippen molar-refractivity contribution < 1.29 is 17.9 Å². The lowest BCUT2D eigenvalue weighted by Gasteiger charge is -2.21. The molecular formula is C20H28FNO3S2. The van der Waals surface area contributed by atoms with E-state index in [-0.39, 0.29) is 21.9 Å². The van der Waals surface area contributed by atoms with E-state index in [0.717, 1.165) is 16.2 Å². The first-order chi connectivity index (χ1) is 12.2. The molecule has 0 atom stereocenters. The van der Waals surface area contributed by atoms with Gasteiger partial charge in [0.05, 0.1) is 11.3 Å². The summed E-state index contributed by atoms with van der Waals surface area (Å²) in [5, 5.41) is 10.3. The number of nitrogens with one attached hydrogen (secondary N) is 1. The molecule has 27 heavy (non-hydrogen) atoms. The molecule has 0 aliphatic carbocycles. The Balaban J connectivity index is 2.59. The Hall–Kier alpha value is -1.44. The highest BCUT2D eigenvalue weighted by atomic mass is 32.2. The monoisotopic (exact) mass is 413 g/mol. The van der Waals surface area contributed by atoms with E-state index in [4.69, 9.17) is 0 Å². The lowest BCUT2D eigenvalue weighted by molar-refractivity contribution is 0.0783. The molecule has 0 fully saturated rings. The highest BCUT2D eigenvalue weighted by Crippen LogP contribution is 2.37. The molecule has 1 aromatic carbocycles. The maximum Gasteiger partial charge on any atom is 0.271 e. The van der Waals surface area contributed by atoms with E-state index < -0.39 is 15.6 Å². The van der Waals surface area contributed by atoms with Crippen molar-refractivity contribution in [3.63, 3.8) is 0 Å². The van der Waals surface area contributed by atoms with Gasteiger partial charge in [-0.15, -0.1) is 11.3 Å². The summed E-state index contributed by atoms with van der Waals surface area (Å²) in [5.41, 5.74) is 1.14. The maximum absolute atomic E-state index is 14.1. The Morgan fingerprint density at radius 2 is 1.56 bits per heavy atom. The normalized spacial score (nSPS) is 12.9. The Bertz CT molecular complexity index is 910. The molecule has 0 saturated carbocycles. The van der Waals surface area contributed by atoms with Crippen molar-refractivity contribution in [2.75, 3.05) is 4.72 Å². The van der Waals surface area contributed by atoms with Crippen LogP contribution >= 0.6 is 11.3 Å². The average Bonchev–Trinajstić information content (AvgIpc) is 2.91. The molecule has 2 rings (SSSR count). The van der Waals surface area contributed by atoms with Gasteiger partial charge in [-0.2, -0.15) is 0 Å². The molecule has 0 amide bonds. The first-order valence-electron chi connectivity index (χ1n) is 8.93. The van der Waals surface area contributed by atoms with Gasteiger partial charge in [0.15, 0.2) is 0 Å². The zero-order valence-electron chi connectivity index (χ0n) is 16.8. The van der Waals surface area contributed by atoms with Crippen molar-refractivity contribution >= 4 is 27.0 Å². The molecule has 0 spiro atoms. The van der Waals surface area contributed by atoms with Crippen LogP contribution in [0, 0.1) is 12.7 Å². The number of rotatable bonds is 6. The van der Waals surface area contributed by atoms with Crippen LogP contribution in [0.2, 0.25) is 0 Å². The second-order valence-electron chi connectivity index (χ2n) is 7.97. The van der Waals surface area contributed by atoms with E-state index in [2.05, 4.69) is 4.72 Å². The fourth-order valence-corrected chi connectivity index (χ4v) is 5.77. The molecule has 1 aromatic heterocycles. The summed E-state index contributed by atoms with van der Waals surface area (Å²) in [5.74, 6) is -0.470. The Morgan fingerprint density at radius 1 is 1.07 bits per heavy atom. The van der Waals surface area contributed by atoms with Crippen molar-refractivity contribution in [3.05, 3.63) is 45.6 Å². The van der Waals surface area contributed by atoms with Crippen molar-refractivity contribution in [3.8, 4) is 0 Å². The molecule has 0 aliphatic heterocycles. The molecule has 2 aromatic rings.